The number of aryl methyl sites for hydroxylation is 2. The van der Waals surface area contributed by atoms with Crippen LogP contribution in [0, 0.1) is 13.8 Å². The largest absolute Gasteiger partial charge is 0.496 e. The Morgan fingerprint density at radius 1 is 1.42 bits per heavy atom. The summed E-state index contributed by atoms with van der Waals surface area (Å²) in [6, 6.07) is 3.61. The summed E-state index contributed by atoms with van der Waals surface area (Å²) in [7, 11) is 1.65. The first-order chi connectivity index (χ1) is 9.06. The van der Waals surface area contributed by atoms with E-state index in [4.69, 9.17) is 15.6 Å². The minimum atomic E-state index is -0.495. The van der Waals surface area contributed by atoms with E-state index in [0.29, 0.717) is 5.82 Å². The molecule has 102 valence electrons. The molecule has 5 heteroatoms. The molecule has 1 unspecified atom stereocenters. The second-order valence-electron chi connectivity index (χ2n) is 4.63. The molecule has 1 atom stereocenters. The summed E-state index contributed by atoms with van der Waals surface area (Å²) in [5.74, 6) is 1.39. The Morgan fingerprint density at radius 2 is 2.16 bits per heavy atom. The number of nitrogens with zero attached hydrogens (tertiary/aromatic N) is 1. The first-order valence-corrected chi connectivity index (χ1v) is 6.13. The van der Waals surface area contributed by atoms with Gasteiger partial charge in [0, 0.05) is 5.56 Å². The van der Waals surface area contributed by atoms with Gasteiger partial charge >= 0.3 is 0 Å². The molecule has 1 aromatic heterocycles. The molecular formula is C14H19N3O2. The van der Waals surface area contributed by atoms with E-state index >= 15 is 0 Å². The van der Waals surface area contributed by atoms with Crippen molar-refractivity contribution in [3.63, 3.8) is 0 Å². The SMILES string of the molecule is COc1c(C)cc(C)cc1-c1cnc(C(N)CO)[nH]1. The summed E-state index contributed by atoms with van der Waals surface area (Å²) >= 11 is 0. The van der Waals surface area contributed by atoms with E-state index in [1.54, 1.807) is 13.3 Å². The predicted molar refractivity (Wildman–Crippen MR) is 74.1 cm³/mol. The van der Waals surface area contributed by atoms with Gasteiger partial charge in [0.2, 0.25) is 0 Å². The Morgan fingerprint density at radius 3 is 2.79 bits per heavy atom. The van der Waals surface area contributed by atoms with Gasteiger partial charge in [0.1, 0.15) is 11.6 Å². The van der Waals surface area contributed by atoms with Gasteiger partial charge in [-0.1, -0.05) is 6.07 Å². The van der Waals surface area contributed by atoms with E-state index in [-0.39, 0.29) is 6.61 Å². The van der Waals surface area contributed by atoms with Crippen LogP contribution in [0.4, 0.5) is 0 Å². The molecule has 0 amide bonds. The number of nitrogens with one attached hydrogen (secondary N) is 1. The van der Waals surface area contributed by atoms with E-state index in [1.165, 1.54) is 0 Å². The van der Waals surface area contributed by atoms with Crippen LogP contribution in [0.3, 0.4) is 0 Å². The molecule has 0 bridgehead atoms. The third kappa shape index (κ3) is 2.62. The molecule has 0 spiro atoms. The molecule has 1 heterocycles. The Hall–Kier alpha value is -1.85. The number of aliphatic hydroxyl groups is 1. The van der Waals surface area contributed by atoms with Gasteiger partial charge in [-0.3, -0.25) is 0 Å². The lowest BCUT2D eigenvalue weighted by atomic mass is 10.0. The van der Waals surface area contributed by atoms with E-state index in [1.807, 2.05) is 19.9 Å². The lowest BCUT2D eigenvalue weighted by Gasteiger charge is -2.11. The maximum Gasteiger partial charge on any atom is 0.131 e. The summed E-state index contributed by atoms with van der Waals surface area (Å²) in [5.41, 5.74) is 9.74. The van der Waals surface area contributed by atoms with Crippen molar-refractivity contribution in [2.24, 2.45) is 5.73 Å². The second kappa shape index (κ2) is 5.42. The quantitative estimate of drug-likeness (QED) is 0.782. The molecule has 0 saturated carbocycles. The summed E-state index contributed by atoms with van der Waals surface area (Å²) in [6.45, 7) is 3.90. The molecular weight excluding hydrogens is 242 g/mol. The van der Waals surface area contributed by atoms with Crippen LogP contribution < -0.4 is 10.5 Å². The number of hydrogen-bond donors (Lipinski definition) is 3. The number of H-pyrrole nitrogens is 1. The van der Waals surface area contributed by atoms with Gasteiger partial charge < -0.3 is 20.6 Å². The van der Waals surface area contributed by atoms with E-state index < -0.39 is 6.04 Å². The molecule has 5 nitrogen and oxygen atoms in total. The highest BCUT2D eigenvalue weighted by atomic mass is 16.5. The number of methoxy groups -OCH3 is 1. The minimum Gasteiger partial charge on any atom is -0.496 e. The zero-order valence-electron chi connectivity index (χ0n) is 11.4. The van der Waals surface area contributed by atoms with Crippen LogP contribution in [0.2, 0.25) is 0 Å². The number of benzene rings is 1. The van der Waals surface area contributed by atoms with Gasteiger partial charge in [-0.15, -0.1) is 0 Å². The van der Waals surface area contributed by atoms with Crippen molar-refractivity contribution in [2.45, 2.75) is 19.9 Å². The molecule has 0 fully saturated rings. The number of hydrogen-bond acceptors (Lipinski definition) is 4. The van der Waals surface area contributed by atoms with Crippen molar-refractivity contribution in [3.8, 4) is 17.0 Å². The van der Waals surface area contributed by atoms with Crippen LogP contribution in [0.25, 0.3) is 11.3 Å². The molecule has 2 rings (SSSR count). The normalized spacial score (nSPS) is 12.5. The lowest BCUT2D eigenvalue weighted by Crippen LogP contribution is -2.15. The molecule has 0 aliphatic heterocycles. The van der Waals surface area contributed by atoms with E-state index in [2.05, 4.69) is 16.0 Å². The maximum absolute atomic E-state index is 9.05. The van der Waals surface area contributed by atoms with Crippen LogP contribution in [-0.4, -0.2) is 28.8 Å². The zero-order valence-corrected chi connectivity index (χ0v) is 11.4. The highest BCUT2D eigenvalue weighted by Gasteiger charge is 2.14. The van der Waals surface area contributed by atoms with Gasteiger partial charge in [0.05, 0.1) is 31.6 Å². The van der Waals surface area contributed by atoms with Crippen molar-refractivity contribution in [2.75, 3.05) is 13.7 Å². The summed E-state index contributed by atoms with van der Waals surface area (Å²) in [5, 5.41) is 9.05. The smallest absolute Gasteiger partial charge is 0.131 e. The Bertz CT molecular complexity index is 578. The van der Waals surface area contributed by atoms with Gasteiger partial charge in [-0.2, -0.15) is 0 Å². The molecule has 4 N–H and O–H groups in total. The van der Waals surface area contributed by atoms with Crippen LogP contribution in [0.15, 0.2) is 18.3 Å². The van der Waals surface area contributed by atoms with Crippen LogP contribution in [0.5, 0.6) is 5.75 Å². The standard InChI is InChI=1S/C14H19N3O2/c1-8-4-9(2)13(19-3)10(5-8)12-6-16-14(17-12)11(15)7-18/h4-6,11,18H,7,15H2,1-3H3,(H,16,17). The first-order valence-electron chi connectivity index (χ1n) is 6.13. The van der Waals surface area contributed by atoms with Crippen LogP contribution >= 0.6 is 0 Å². The Labute approximate surface area is 112 Å². The van der Waals surface area contributed by atoms with E-state index in [9.17, 15) is 0 Å². The third-order valence-electron chi connectivity index (χ3n) is 3.06. The number of nitrogens with two attached hydrogens (primary N) is 1. The lowest BCUT2D eigenvalue weighted by molar-refractivity contribution is 0.264. The van der Waals surface area contributed by atoms with Gasteiger partial charge in [-0.25, -0.2) is 4.98 Å². The first kappa shape index (κ1) is 13.6. The fourth-order valence-corrected chi connectivity index (χ4v) is 2.17. The topological polar surface area (TPSA) is 84.2 Å². The average molecular weight is 261 g/mol. The monoisotopic (exact) mass is 261 g/mol. The molecule has 2 aromatic rings. The molecule has 1 aromatic carbocycles. The fourth-order valence-electron chi connectivity index (χ4n) is 2.17. The van der Waals surface area contributed by atoms with Gasteiger partial charge in [0.25, 0.3) is 0 Å². The molecule has 0 saturated heterocycles. The number of aliphatic hydroxyl groups excluding tert-OH is 1. The molecule has 0 aliphatic carbocycles. The number of rotatable bonds is 4. The van der Waals surface area contributed by atoms with Crippen molar-refractivity contribution in [1.82, 2.24) is 9.97 Å². The summed E-state index contributed by atoms with van der Waals surface area (Å²) < 4.78 is 5.45. The molecule has 0 aliphatic rings. The average Bonchev–Trinajstić information content (AvgIpc) is 2.86. The van der Waals surface area contributed by atoms with Gasteiger partial charge in [-0.05, 0) is 31.0 Å². The summed E-state index contributed by atoms with van der Waals surface area (Å²) in [6.07, 6.45) is 1.71. The van der Waals surface area contributed by atoms with Crippen LogP contribution in [0.1, 0.15) is 23.0 Å². The minimum absolute atomic E-state index is 0.142. The number of aromatic amines is 1. The van der Waals surface area contributed by atoms with E-state index in [0.717, 1.165) is 28.1 Å². The van der Waals surface area contributed by atoms with Gasteiger partial charge in [0.15, 0.2) is 0 Å². The number of ether oxygens (including phenoxy) is 1. The third-order valence-corrected chi connectivity index (χ3v) is 3.06. The van der Waals surface area contributed by atoms with Crippen molar-refractivity contribution in [3.05, 3.63) is 35.3 Å². The highest BCUT2D eigenvalue weighted by Crippen LogP contribution is 2.33. The highest BCUT2D eigenvalue weighted by molar-refractivity contribution is 5.70. The maximum atomic E-state index is 9.05. The zero-order chi connectivity index (χ0) is 14.0. The Balaban J connectivity index is 2.49. The Kier molecular flexibility index (Phi) is 3.87. The van der Waals surface area contributed by atoms with Crippen molar-refractivity contribution in [1.29, 1.82) is 0 Å². The summed E-state index contributed by atoms with van der Waals surface area (Å²) in [4.78, 5) is 7.34. The predicted octanol–water partition coefficient (Wildman–Crippen LogP) is 1.69. The molecule has 0 radical (unpaired) electrons. The van der Waals surface area contributed by atoms with Crippen LogP contribution in [-0.2, 0) is 0 Å². The number of aromatic nitrogens is 2. The fraction of sp³-hybridized carbons (Fsp3) is 0.357. The number of imidazole rings is 1. The van der Waals surface area contributed by atoms with Crippen molar-refractivity contribution < 1.29 is 9.84 Å². The molecule has 19 heavy (non-hydrogen) atoms. The van der Waals surface area contributed by atoms with Crippen molar-refractivity contribution >= 4 is 0 Å². The second-order valence-corrected chi connectivity index (χ2v) is 4.63.